The Kier molecular flexibility index (Phi) is 4.30. The van der Waals surface area contributed by atoms with Crippen molar-refractivity contribution in [2.45, 2.75) is 32.2 Å². The van der Waals surface area contributed by atoms with Crippen molar-refractivity contribution >= 4 is 11.9 Å². The highest BCUT2D eigenvalue weighted by Crippen LogP contribution is 2.18. The second-order valence-corrected chi connectivity index (χ2v) is 3.39. The summed E-state index contributed by atoms with van der Waals surface area (Å²) >= 11 is 0. The van der Waals surface area contributed by atoms with Gasteiger partial charge in [0.2, 0.25) is 0 Å². The molecule has 1 rings (SSSR count). The van der Waals surface area contributed by atoms with Crippen LogP contribution in [0, 0.1) is 0 Å². The maximum absolute atomic E-state index is 10.9. The Balaban J connectivity index is 2.77. The monoisotopic (exact) mass is 229 g/mol. The van der Waals surface area contributed by atoms with E-state index < -0.39 is 30.3 Å². The van der Waals surface area contributed by atoms with Gasteiger partial charge in [0.1, 0.15) is 0 Å². The summed E-state index contributed by atoms with van der Waals surface area (Å²) in [7, 11) is 0. The molecule has 1 aliphatic rings. The van der Waals surface area contributed by atoms with Crippen LogP contribution in [0.4, 0.5) is 0 Å². The molecule has 90 valence electrons. The van der Waals surface area contributed by atoms with Crippen molar-refractivity contribution in [3.63, 3.8) is 0 Å². The van der Waals surface area contributed by atoms with Gasteiger partial charge < -0.3 is 19.9 Å². The highest BCUT2D eigenvalue weighted by atomic mass is 16.6. The SMILES string of the molecule is CC(=O)O[C@@H]1[C@H](OC(C)=O)C=CO[C@@H]1CN. The van der Waals surface area contributed by atoms with E-state index in [1.807, 2.05) is 0 Å². The lowest BCUT2D eigenvalue weighted by Crippen LogP contribution is -2.48. The van der Waals surface area contributed by atoms with Crippen LogP contribution in [0.1, 0.15) is 13.8 Å². The Hall–Kier alpha value is -1.56. The first-order valence-electron chi connectivity index (χ1n) is 4.91. The molecule has 0 aromatic heterocycles. The zero-order chi connectivity index (χ0) is 12.1. The van der Waals surface area contributed by atoms with E-state index in [1.165, 1.54) is 26.2 Å². The number of hydrogen-bond acceptors (Lipinski definition) is 6. The zero-order valence-electron chi connectivity index (χ0n) is 9.21. The summed E-state index contributed by atoms with van der Waals surface area (Å²) in [6.07, 6.45) is 1.06. The zero-order valence-corrected chi connectivity index (χ0v) is 9.21. The van der Waals surface area contributed by atoms with Crippen LogP contribution < -0.4 is 5.73 Å². The summed E-state index contributed by atoms with van der Waals surface area (Å²) < 4.78 is 15.2. The van der Waals surface area contributed by atoms with Crippen LogP contribution in [0.2, 0.25) is 0 Å². The van der Waals surface area contributed by atoms with Gasteiger partial charge in [-0.15, -0.1) is 0 Å². The molecule has 6 nitrogen and oxygen atoms in total. The van der Waals surface area contributed by atoms with Crippen LogP contribution in [-0.2, 0) is 23.8 Å². The summed E-state index contributed by atoms with van der Waals surface area (Å²) in [5.74, 6) is -0.927. The van der Waals surface area contributed by atoms with Crippen molar-refractivity contribution in [1.29, 1.82) is 0 Å². The summed E-state index contributed by atoms with van der Waals surface area (Å²) in [6, 6.07) is 0. The molecule has 1 heterocycles. The van der Waals surface area contributed by atoms with Crippen LogP contribution in [-0.4, -0.2) is 36.8 Å². The van der Waals surface area contributed by atoms with Gasteiger partial charge in [-0.3, -0.25) is 9.59 Å². The van der Waals surface area contributed by atoms with E-state index in [-0.39, 0.29) is 6.54 Å². The molecule has 0 amide bonds. The topological polar surface area (TPSA) is 87.8 Å². The molecular formula is C10H15NO5. The number of carbonyl (C=O) groups is 2. The first-order chi connectivity index (χ1) is 7.54. The normalized spacial score (nSPS) is 28.1. The van der Waals surface area contributed by atoms with Crippen LogP contribution in [0.15, 0.2) is 12.3 Å². The van der Waals surface area contributed by atoms with E-state index in [2.05, 4.69) is 0 Å². The van der Waals surface area contributed by atoms with Gasteiger partial charge in [-0.1, -0.05) is 0 Å². The molecule has 0 spiro atoms. The summed E-state index contributed by atoms with van der Waals surface area (Å²) in [4.78, 5) is 21.8. The molecule has 0 aromatic rings. The van der Waals surface area contributed by atoms with Gasteiger partial charge in [0.05, 0.1) is 6.26 Å². The van der Waals surface area contributed by atoms with Crippen molar-refractivity contribution in [1.82, 2.24) is 0 Å². The smallest absolute Gasteiger partial charge is 0.303 e. The third-order valence-electron chi connectivity index (χ3n) is 2.05. The number of carbonyl (C=O) groups excluding carboxylic acids is 2. The third kappa shape index (κ3) is 3.23. The number of rotatable bonds is 3. The van der Waals surface area contributed by atoms with Gasteiger partial charge in [-0.25, -0.2) is 0 Å². The van der Waals surface area contributed by atoms with Crippen LogP contribution in [0.5, 0.6) is 0 Å². The average Bonchev–Trinajstić information content (AvgIpc) is 2.19. The first kappa shape index (κ1) is 12.5. The van der Waals surface area contributed by atoms with Gasteiger partial charge in [0.15, 0.2) is 18.3 Å². The molecule has 0 unspecified atom stereocenters. The van der Waals surface area contributed by atoms with E-state index in [0.717, 1.165) is 0 Å². The summed E-state index contributed by atoms with van der Waals surface area (Å²) in [5, 5.41) is 0. The predicted molar refractivity (Wildman–Crippen MR) is 54.2 cm³/mol. The lowest BCUT2D eigenvalue weighted by atomic mass is 10.1. The quantitative estimate of drug-likeness (QED) is 0.670. The van der Waals surface area contributed by atoms with Crippen molar-refractivity contribution in [2.24, 2.45) is 5.73 Å². The van der Waals surface area contributed by atoms with E-state index in [9.17, 15) is 9.59 Å². The first-order valence-corrected chi connectivity index (χ1v) is 4.91. The van der Waals surface area contributed by atoms with Gasteiger partial charge in [0, 0.05) is 20.4 Å². The molecule has 2 N–H and O–H groups in total. The van der Waals surface area contributed by atoms with Gasteiger partial charge in [0.25, 0.3) is 0 Å². The third-order valence-corrected chi connectivity index (χ3v) is 2.05. The van der Waals surface area contributed by atoms with Crippen molar-refractivity contribution in [2.75, 3.05) is 6.54 Å². The molecule has 0 radical (unpaired) electrons. The fraction of sp³-hybridized carbons (Fsp3) is 0.600. The lowest BCUT2D eigenvalue weighted by molar-refractivity contribution is -0.172. The number of hydrogen-bond donors (Lipinski definition) is 1. The van der Waals surface area contributed by atoms with Gasteiger partial charge >= 0.3 is 11.9 Å². The highest BCUT2D eigenvalue weighted by molar-refractivity contribution is 5.67. The Labute approximate surface area is 93.3 Å². The molecular weight excluding hydrogens is 214 g/mol. The van der Waals surface area contributed by atoms with Crippen LogP contribution in [0.25, 0.3) is 0 Å². The fourth-order valence-corrected chi connectivity index (χ4v) is 1.44. The highest BCUT2D eigenvalue weighted by Gasteiger charge is 2.36. The minimum atomic E-state index is -0.698. The molecule has 6 heteroatoms. The number of ether oxygens (including phenoxy) is 3. The molecule has 0 saturated carbocycles. The Morgan fingerprint density at radius 1 is 1.31 bits per heavy atom. The standard InChI is InChI=1S/C10H15NO5/c1-6(12)15-8-3-4-14-9(5-11)10(8)16-7(2)13/h3-4,8-10H,5,11H2,1-2H3/t8-,9-,10-/m1/s1. The van der Waals surface area contributed by atoms with Crippen molar-refractivity contribution < 1.29 is 23.8 Å². The van der Waals surface area contributed by atoms with Crippen LogP contribution >= 0.6 is 0 Å². The molecule has 0 fully saturated rings. The second-order valence-electron chi connectivity index (χ2n) is 3.39. The summed E-state index contributed by atoms with van der Waals surface area (Å²) in [5.41, 5.74) is 5.47. The van der Waals surface area contributed by atoms with E-state index in [0.29, 0.717) is 0 Å². The Bertz CT molecular complexity index is 302. The van der Waals surface area contributed by atoms with Gasteiger partial charge in [-0.2, -0.15) is 0 Å². The van der Waals surface area contributed by atoms with E-state index in [1.54, 1.807) is 0 Å². The number of esters is 2. The molecule has 1 aliphatic heterocycles. The van der Waals surface area contributed by atoms with E-state index in [4.69, 9.17) is 19.9 Å². The van der Waals surface area contributed by atoms with E-state index >= 15 is 0 Å². The largest absolute Gasteiger partial charge is 0.493 e. The molecule has 3 atom stereocenters. The molecule has 0 bridgehead atoms. The number of nitrogens with two attached hydrogens (primary N) is 1. The summed E-state index contributed by atoms with van der Waals surface area (Å²) in [6.45, 7) is 2.72. The maximum atomic E-state index is 10.9. The minimum absolute atomic E-state index is 0.167. The molecule has 0 aliphatic carbocycles. The van der Waals surface area contributed by atoms with Crippen molar-refractivity contribution in [3.05, 3.63) is 12.3 Å². The molecule has 16 heavy (non-hydrogen) atoms. The average molecular weight is 229 g/mol. The van der Waals surface area contributed by atoms with Gasteiger partial charge in [-0.05, 0) is 6.08 Å². The maximum Gasteiger partial charge on any atom is 0.303 e. The fourth-order valence-electron chi connectivity index (χ4n) is 1.44. The molecule has 0 saturated heterocycles. The second kappa shape index (κ2) is 5.50. The van der Waals surface area contributed by atoms with Crippen molar-refractivity contribution in [3.8, 4) is 0 Å². The lowest BCUT2D eigenvalue weighted by Gasteiger charge is -2.32. The predicted octanol–water partition coefficient (Wildman–Crippen LogP) is -0.279. The Morgan fingerprint density at radius 3 is 2.44 bits per heavy atom. The van der Waals surface area contributed by atoms with Crippen LogP contribution in [0.3, 0.4) is 0 Å². The Morgan fingerprint density at radius 2 is 1.94 bits per heavy atom. The molecule has 0 aromatic carbocycles. The minimum Gasteiger partial charge on any atom is -0.493 e.